The average molecular weight is 431 g/mol. The number of halogens is 1. The number of nitrogens with zero attached hydrogens (tertiary/aromatic N) is 1. The largest absolute Gasteiger partial charge is 0.386 e. The Kier molecular flexibility index (Phi) is 7.80. The van der Waals surface area contributed by atoms with Gasteiger partial charge in [-0.05, 0) is 36.3 Å². The lowest BCUT2D eigenvalue weighted by Gasteiger charge is -2.20. The van der Waals surface area contributed by atoms with E-state index in [1.54, 1.807) is 0 Å². The first-order chi connectivity index (χ1) is 10.4. The molecule has 1 aromatic rings. The first kappa shape index (κ1) is 20.2. The standard InChI is InChI=1S/C18H29N3O.HI/c1-5-19-17(21-15-10-11-15)20-12-16(22)13-6-8-14(9-7-13)18(2,3)4;/h6-9,15-16,22H,5,10-12H2,1-4H3,(H2,19,20,21);1H. The number of aliphatic hydroxyl groups excluding tert-OH is 1. The van der Waals surface area contributed by atoms with Gasteiger partial charge in [0.05, 0.1) is 12.6 Å². The zero-order valence-corrected chi connectivity index (χ0v) is 16.9. The summed E-state index contributed by atoms with van der Waals surface area (Å²) >= 11 is 0. The number of rotatable bonds is 5. The molecular weight excluding hydrogens is 401 g/mol. The lowest BCUT2D eigenvalue weighted by atomic mass is 9.86. The van der Waals surface area contributed by atoms with E-state index in [0.717, 1.165) is 18.1 Å². The molecule has 0 aromatic heterocycles. The van der Waals surface area contributed by atoms with Crippen molar-refractivity contribution in [2.45, 2.75) is 58.1 Å². The van der Waals surface area contributed by atoms with Crippen molar-refractivity contribution in [2.24, 2.45) is 4.99 Å². The molecule has 3 N–H and O–H groups in total. The highest BCUT2D eigenvalue weighted by molar-refractivity contribution is 14.0. The summed E-state index contributed by atoms with van der Waals surface area (Å²) in [4.78, 5) is 4.49. The normalized spacial score (nSPS) is 16.5. The van der Waals surface area contributed by atoms with Gasteiger partial charge in [0.2, 0.25) is 0 Å². The Hall–Kier alpha value is -0.820. The highest BCUT2D eigenvalue weighted by atomic mass is 127. The molecule has 0 radical (unpaired) electrons. The van der Waals surface area contributed by atoms with Crippen molar-refractivity contribution in [1.82, 2.24) is 10.6 Å². The molecule has 0 aliphatic heterocycles. The van der Waals surface area contributed by atoms with E-state index in [4.69, 9.17) is 0 Å². The van der Waals surface area contributed by atoms with Gasteiger partial charge in [0, 0.05) is 12.6 Å². The van der Waals surface area contributed by atoms with Crippen LogP contribution in [0.15, 0.2) is 29.3 Å². The van der Waals surface area contributed by atoms with Crippen LogP contribution >= 0.6 is 24.0 Å². The second kappa shape index (κ2) is 8.87. The van der Waals surface area contributed by atoms with Crippen molar-refractivity contribution in [3.05, 3.63) is 35.4 Å². The first-order valence-corrected chi connectivity index (χ1v) is 8.23. The fourth-order valence-electron chi connectivity index (χ4n) is 2.23. The SMILES string of the molecule is CCNC(=NCC(O)c1ccc(C(C)(C)C)cc1)NC1CC1.I. The average Bonchev–Trinajstić information content (AvgIpc) is 3.28. The molecule has 4 nitrogen and oxygen atoms in total. The molecule has 23 heavy (non-hydrogen) atoms. The second-order valence-corrected chi connectivity index (χ2v) is 7.03. The monoisotopic (exact) mass is 431 g/mol. The highest BCUT2D eigenvalue weighted by Gasteiger charge is 2.22. The summed E-state index contributed by atoms with van der Waals surface area (Å²) in [6.45, 7) is 9.82. The van der Waals surface area contributed by atoms with Gasteiger partial charge in [0.15, 0.2) is 5.96 Å². The molecule has 130 valence electrons. The van der Waals surface area contributed by atoms with Gasteiger partial charge in [-0.2, -0.15) is 0 Å². The molecular formula is C18H30IN3O. The highest BCUT2D eigenvalue weighted by Crippen LogP contribution is 2.24. The molecule has 1 unspecified atom stereocenters. The molecule has 0 heterocycles. The second-order valence-electron chi connectivity index (χ2n) is 7.03. The molecule has 0 amide bonds. The van der Waals surface area contributed by atoms with Gasteiger partial charge in [-0.3, -0.25) is 4.99 Å². The Labute approximate surface area is 157 Å². The lowest BCUT2D eigenvalue weighted by Crippen LogP contribution is -2.38. The third-order valence-corrected chi connectivity index (χ3v) is 3.85. The van der Waals surface area contributed by atoms with E-state index in [1.165, 1.54) is 18.4 Å². The van der Waals surface area contributed by atoms with Crippen LogP contribution in [0, 0.1) is 0 Å². The van der Waals surface area contributed by atoms with E-state index in [-0.39, 0.29) is 29.4 Å². The van der Waals surface area contributed by atoms with Gasteiger partial charge in [0.1, 0.15) is 0 Å². The molecule has 0 bridgehead atoms. The Balaban J connectivity index is 0.00000264. The van der Waals surface area contributed by atoms with Crippen LogP contribution in [0.2, 0.25) is 0 Å². The zero-order valence-electron chi connectivity index (χ0n) is 14.6. The van der Waals surface area contributed by atoms with Crippen molar-refractivity contribution in [1.29, 1.82) is 0 Å². The summed E-state index contributed by atoms with van der Waals surface area (Å²) in [5, 5.41) is 16.9. The van der Waals surface area contributed by atoms with Gasteiger partial charge in [-0.1, -0.05) is 45.0 Å². The maximum atomic E-state index is 10.3. The molecule has 1 saturated carbocycles. The Morgan fingerprint density at radius 2 is 1.87 bits per heavy atom. The Bertz CT molecular complexity index is 504. The van der Waals surface area contributed by atoms with Crippen LogP contribution in [0.4, 0.5) is 0 Å². The quantitative estimate of drug-likeness (QED) is 0.381. The first-order valence-electron chi connectivity index (χ1n) is 8.23. The van der Waals surface area contributed by atoms with E-state index in [1.807, 2.05) is 19.1 Å². The molecule has 2 rings (SSSR count). The minimum atomic E-state index is -0.566. The number of aliphatic imine (C=N–C) groups is 1. The van der Waals surface area contributed by atoms with E-state index in [2.05, 4.69) is 48.5 Å². The third-order valence-electron chi connectivity index (χ3n) is 3.85. The summed E-state index contributed by atoms with van der Waals surface area (Å²) in [5.74, 6) is 0.801. The molecule has 1 aliphatic rings. The fourth-order valence-corrected chi connectivity index (χ4v) is 2.23. The predicted octanol–water partition coefficient (Wildman–Crippen LogP) is 3.35. The van der Waals surface area contributed by atoms with Gasteiger partial charge in [-0.15, -0.1) is 24.0 Å². The smallest absolute Gasteiger partial charge is 0.191 e. The van der Waals surface area contributed by atoms with Gasteiger partial charge in [0.25, 0.3) is 0 Å². The van der Waals surface area contributed by atoms with E-state index < -0.39 is 6.10 Å². The summed E-state index contributed by atoms with van der Waals surface area (Å²) in [6, 6.07) is 8.75. The lowest BCUT2D eigenvalue weighted by molar-refractivity contribution is 0.187. The molecule has 0 saturated heterocycles. The van der Waals surface area contributed by atoms with Crippen LogP contribution < -0.4 is 10.6 Å². The minimum absolute atomic E-state index is 0. The minimum Gasteiger partial charge on any atom is -0.386 e. The van der Waals surface area contributed by atoms with Crippen molar-refractivity contribution in [2.75, 3.05) is 13.1 Å². The summed E-state index contributed by atoms with van der Waals surface area (Å²) < 4.78 is 0. The van der Waals surface area contributed by atoms with Gasteiger partial charge < -0.3 is 15.7 Å². The van der Waals surface area contributed by atoms with E-state index in [9.17, 15) is 5.11 Å². The van der Waals surface area contributed by atoms with Crippen LogP contribution in [0.25, 0.3) is 0 Å². The van der Waals surface area contributed by atoms with Crippen LogP contribution in [0.1, 0.15) is 57.8 Å². The molecule has 1 atom stereocenters. The molecule has 1 fully saturated rings. The number of nitrogens with one attached hydrogen (secondary N) is 2. The topological polar surface area (TPSA) is 56.7 Å². The Morgan fingerprint density at radius 3 is 2.35 bits per heavy atom. The number of hydrogen-bond acceptors (Lipinski definition) is 2. The van der Waals surface area contributed by atoms with Gasteiger partial charge >= 0.3 is 0 Å². The van der Waals surface area contributed by atoms with Crippen molar-refractivity contribution in [3.8, 4) is 0 Å². The van der Waals surface area contributed by atoms with Crippen LogP contribution in [0.3, 0.4) is 0 Å². The number of aliphatic hydroxyl groups is 1. The molecule has 1 aromatic carbocycles. The van der Waals surface area contributed by atoms with Gasteiger partial charge in [-0.25, -0.2) is 0 Å². The molecule has 1 aliphatic carbocycles. The van der Waals surface area contributed by atoms with Crippen LogP contribution in [-0.4, -0.2) is 30.2 Å². The third kappa shape index (κ3) is 6.67. The number of guanidine groups is 1. The van der Waals surface area contributed by atoms with Crippen LogP contribution in [0.5, 0.6) is 0 Å². The van der Waals surface area contributed by atoms with Crippen molar-refractivity contribution >= 4 is 29.9 Å². The summed E-state index contributed by atoms with van der Waals surface area (Å²) in [6.07, 6.45) is 1.85. The zero-order chi connectivity index (χ0) is 16.2. The molecule has 0 spiro atoms. The summed E-state index contributed by atoms with van der Waals surface area (Å²) in [7, 11) is 0. The maximum absolute atomic E-state index is 10.3. The van der Waals surface area contributed by atoms with Crippen molar-refractivity contribution < 1.29 is 5.11 Å². The fraction of sp³-hybridized carbons (Fsp3) is 0.611. The van der Waals surface area contributed by atoms with E-state index in [0.29, 0.717) is 12.6 Å². The van der Waals surface area contributed by atoms with E-state index >= 15 is 0 Å². The maximum Gasteiger partial charge on any atom is 0.191 e. The predicted molar refractivity (Wildman–Crippen MR) is 108 cm³/mol. The van der Waals surface area contributed by atoms with Crippen LogP contribution in [-0.2, 0) is 5.41 Å². The van der Waals surface area contributed by atoms with Crippen molar-refractivity contribution in [3.63, 3.8) is 0 Å². The molecule has 5 heteroatoms. The Morgan fingerprint density at radius 1 is 1.26 bits per heavy atom. The summed E-state index contributed by atoms with van der Waals surface area (Å²) in [5.41, 5.74) is 2.32. The number of benzene rings is 1. The number of hydrogen-bond donors (Lipinski definition) is 3.